The lowest BCUT2D eigenvalue weighted by molar-refractivity contribution is 0.0876. The van der Waals surface area contributed by atoms with Crippen LogP contribution in [0.3, 0.4) is 0 Å². The molecule has 0 saturated heterocycles. The minimum absolute atomic E-state index is 0.0168. The predicted molar refractivity (Wildman–Crippen MR) is 92.1 cm³/mol. The van der Waals surface area contributed by atoms with Crippen LogP contribution in [-0.4, -0.2) is 41.1 Å². The Bertz CT molecular complexity index is 1090. The van der Waals surface area contributed by atoms with Crippen molar-refractivity contribution in [1.29, 1.82) is 0 Å². The first kappa shape index (κ1) is 16.9. The maximum absolute atomic E-state index is 12.5. The number of carbonyl (C=O) groups is 1. The number of aryl methyl sites for hydroxylation is 1. The van der Waals surface area contributed by atoms with E-state index in [4.69, 9.17) is 8.83 Å². The highest BCUT2D eigenvalue weighted by Crippen LogP contribution is 2.31. The van der Waals surface area contributed by atoms with Gasteiger partial charge < -0.3 is 8.83 Å². The summed E-state index contributed by atoms with van der Waals surface area (Å²) in [5, 5.41) is 8.17. The van der Waals surface area contributed by atoms with E-state index >= 15 is 0 Å². The second kappa shape index (κ2) is 6.29. The minimum Gasteiger partial charge on any atom is -0.469 e. The Hall–Kier alpha value is -2.59. The first-order valence-electron chi connectivity index (χ1n) is 7.65. The van der Waals surface area contributed by atoms with Crippen molar-refractivity contribution in [2.45, 2.75) is 17.0 Å². The van der Waals surface area contributed by atoms with Gasteiger partial charge in [-0.15, -0.1) is 10.2 Å². The fourth-order valence-corrected chi connectivity index (χ4v) is 5.02. The quantitative estimate of drug-likeness (QED) is 0.611. The third-order valence-electron chi connectivity index (χ3n) is 3.93. The van der Waals surface area contributed by atoms with Gasteiger partial charge in [-0.25, -0.2) is 12.7 Å². The van der Waals surface area contributed by atoms with Gasteiger partial charge in [-0.2, -0.15) is 0 Å². The molecular formula is C16H13N3O5S2. The molecule has 0 N–H and O–H groups in total. The molecule has 10 heteroatoms. The van der Waals surface area contributed by atoms with Crippen molar-refractivity contribution in [2.24, 2.45) is 0 Å². The third kappa shape index (κ3) is 2.71. The summed E-state index contributed by atoms with van der Waals surface area (Å²) in [6, 6.07) is 7.92. The van der Waals surface area contributed by atoms with Crippen LogP contribution < -0.4 is 0 Å². The number of rotatable bonds is 5. The Balaban J connectivity index is 1.44. The highest BCUT2D eigenvalue weighted by Gasteiger charge is 2.40. The van der Waals surface area contributed by atoms with Crippen molar-refractivity contribution >= 4 is 27.7 Å². The molecule has 2 aromatic heterocycles. The summed E-state index contributed by atoms with van der Waals surface area (Å²) < 4.78 is 36.6. The molecule has 0 radical (unpaired) electrons. The number of amides is 1. The second-order valence-corrected chi connectivity index (χ2v) is 8.37. The number of hydrogen-bond donors (Lipinski definition) is 0. The fourth-order valence-electron chi connectivity index (χ4n) is 2.65. The summed E-state index contributed by atoms with van der Waals surface area (Å²) in [4.78, 5) is 12.4. The molecule has 0 saturated carbocycles. The number of furan rings is 1. The topological polar surface area (TPSA) is 107 Å². The standard InChI is InChI=1S/C16H13N3O5S2/c1-10-11(6-8-23-10)14-17-18-16(24-14)25-9-7-19-15(20)12-4-2-3-5-13(12)26(19,21)22/h2-6,8H,7,9H2,1H3. The summed E-state index contributed by atoms with van der Waals surface area (Å²) in [6.45, 7) is 1.80. The van der Waals surface area contributed by atoms with Crippen LogP contribution >= 0.6 is 11.8 Å². The van der Waals surface area contributed by atoms with Gasteiger partial charge in [0, 0.05) is 12.3 Å². The van der Waals surface area contributed by atoms with Gasteiger partial charge in [0.2, 0.25) is 0 Å². The summed E-state index contributed by atoms with van der Waals surface area (Å²) in [6.07, 6.45) is 1.53. The van der Waals surface area contributed by atoms with Crippen LogP contribution in [0.4, 0.5) is 0 Å². The molecule has 26 heavy (non-hydrogen) atoms. The van der Waals surface area contributed by atoms with Crippen molar-refractivity contribution in [3.63, 3.8) is 0 Å². The Morgan fingerprint density at radius 2 is 1.96 bits per heavy atom. The fraction of sp³-hybridized carbons (Fsp3) is 0.188. The van der Waals surface area contributed by atoms with Gasteiger partial charge in [0.15, 0.2) is 0 Å². The zero-order valence-electron chi connectivity index (χ0n) is 13.6. The van der Waals surface area contributed by atoms with Crippen molar-refractivity contribution in [3.05, 3.63) is 47.9 Å². The van der Waals surface area contributed by atoms with Crippen molar-refractivity contribution in [3.8, 4) is 11.5 Å². The van der Waals surface area contributed by atoms with Crippen LogP contribution in [0, 0.1) is 6.92 Å². The number of aromatic nitrogens is 2. The average molecular weight is 391 g/mol. The Morgan fingerprint density at radius 3 is 2.69 bits per heavy atom. The Morgan fingerprint density at radius 1 is 1.15 bits per heavy atom. The molecule has 8 nitrogen and oxygen atoms in total. The van der Waals surface area contributed by atoms with Crippen molar-refractivity contribution in [1.82, 2.24) is 14.5 Å². The SMILES string of the molecule is Cc1occc1-c1nnc(SCCN2C(=O)c3ccccc3S2(=O)=O)o1. The zero-order chi connectivity index (χ0) is 18.3. The summed E-state index contributed by atoms with van der Waals surface area (Å²) in [5.74, 6) is 0.777. The molecule has 1 aliphatic rings. The zero-order valence-corrected chi connectivity index (χ0v) is 15.2. The highest BCUT2D eigenvalue weighted by molar-refractivity contribution is 7.99. The monoisotopic (exact) mass is 391 g/mol. The van der Waals surface area contributed by atoms with Gasteiger partial charge in [-0.1, -0.05) is 23.9 Å². The molecule has 3 aromatic rings. The molecular weight excluding hydrogens is 378 g/mol. The molecule has 1 aliphatic heterocycles. The van der Waals surface area contributed by atoms with E-state index in [0.29, 0.717) is 28.2 Å². The van der Waals surface area contributed by atoms with Crippen LogP contribution in [0.25, 0.3) is 11.5 Å². The van der Waals surface area contributed by atoms with E-state index < -0.39 is 15.9 Å². The minimum atomic E-state index is -3.79. The van der Waals surface area contributed by atoms with E-state index in [0.717, 1.165) is 4.31 Å². The molecule has 0 atom stereocenters. The average Bonchev–Trinajstić information content (AvgIpc) is 3.30. The van der Waals surface area contributed by atoms with Crippen LogP contribution in [0.1, 0.15) is 16.1 Å². The maximum Gasteiger partial charge on any atom is 0.276 e. The molecule has 0 aliphatic carbocycles. The van der Waals surface area contributed by atoms with E-state index in [1.165, 1.54) is 30.2 Å². The highest BCUT2D eigenvalue weighted by atomic mass is 32.2. The lowest BCUT2D eigenvalue weighted by Crippen LogP contribution is -2.32. The van der Waals surface area contributed by atoms with Gasteiger partial charge in [0.1, 0.15) is 10.7 Å². The third-order valence-corrected chi connectivity index (χ3v) is 6.57. The lowest BCUT2D eigenvalue weighted by Gasteiger charge is -2.13. The molecule has 1 amide bonds. The molecule has 3 heterocycles. The van der Waals surface area contributed by atoms with E-state index in [2.05, 4.69) is 10.2 Å². The van der Waals surface area contributed by atoms with E-state index in [-0.39, 0.29) is 17.0 Å². The van der Waals surface area contributed by atoms with Gasteiger partial charge >= 0.3 is 0 Å². The van der Waals surface area contributed by atoms with Crippen molar-refractivity contribution in [2.75, 3.05) is 12.3 Å². The Labute approximate surface area is 153 Å². The second-order valence-electron chi connectivity index (χ2n) is 5.49. The van der Waals surface area contributed by atoms with Gasteiger partial charge in [0.25, 0.3) is 27.0 Å². The van der Waals surface area contributed by atoms with Crippen LogP contribution in [-0.2, 0) is 10.0 Å². The first-order valence-corrected chi connectivity index (χ1v) is 10.1. The van der Waals surface area contributed by atoms with Crippen LogP contribution in [0.2, 0.25) is 0 Å². The summed E-state index contributed by atoms with van der Waals surface area (Å²) in [5.41, 5.74) is 0.908. The smallest absolute Gasteiger partial charge is 0.276 e. The molecule has 4 rings (SSSR count). The molecule has 1 aromatic carbocycles. The molecule has 0 bridgehead atoms. The number of nitrogens with zero attached hydrogens (tertiary/aromatic N) is 3. The molecule has 0 fully saturated rings. The first-order chi connectivity index (χ1) is 12.5. The summed E-state index contributed by atoms with van der Waals surface area (Å²) >= 11 is 1.18. The maximum atomic E-state index is 12.5. The van der Waals surface area contributed by atoms with Crippen LogP contribution in [0.15, 0.2) is 55.5 Å². The summed E-state index contributed by atoms with van der Waals surface area (Å²) in [7, 11) is -3.79. The van der Waals surface area contributed by atoms with Crippen molar-refractivity contribution < 1.29 is 22.0 Å². The number of sulfonamides is 1. The predicted octanol–water partition coefficient (Wildman–Crippen LogP) is 2.57. The lowest BCUT2D eigenvalue weighted by atomic mass is 10.2. The van der Waals surface area contributed by atoms with Gasteiger partial charge in [0.05, 0.1) is 17.4 Å². The Kier molecular flexibility index (Phi) is 4.08. The van der Waals surface area contributed by atoms with E-state index in [1.807, 2.05) is 0 Å². The number of benzene rings is 1. The molecule has 134 valence electrons. The number of carbonyl (C=O) groups excluding carboxylic acids is 1. The normalized spacial score (nSPS) is 15.4. The number of hydrogen-bond acceptors (Lipinski definition) is 8. The number of thioether (sulfide) groups is 1. The molecule has 0 spiro atoms. The van der Waals surface area contributed by atoms with Crippen LogP contribution in [0.5, 0.6) is 0 Å². The largest absolute Gasteiger partial charge is 0.469 e. The number of fused-ring (bicyclic) bond motifs is 1. The van der Waals surface area contributed by atoms with E-state index in [1.54, 1.807) is 25.1 Å². The molecule has 0 unspecified atom stereocenters. The van der Waals surface area contributed by atoms with Gasteiger partial charge in [-0.3, -0.25) is 4.79 Å². The van der Waals surface area contributed by atoms with E-state index in [9.17, 15) is 13.2 Å². The van der Waals surface area contributed by atoms with Gasteiger partial charge in [-0.05, 0) is 25.1 Å².